The molecule has 0 heterocycles. The van der Waals surface area contributed by atoms with Crippen LogP contribution in [0.15, 0.2) is 158 Å². The molecule has 0 aliphatic carbocycles. The molecule has 0 atom stereocenters. The third-order valence-corrected chi connectivity index (χ3v) is 3.17. The first-order valence-electron chi connectivity index (χ1n) is 10.0. The summed E-state index contributed by atoms with van der Waals surface area (Å²) in [7, 11) is 0. The van der Waals surface area contributed by atoms with E-state index in [-0.39, 0.29) is 0 Å². The van der Waals surface area contributed by atoms with Crippen molar-refractivity contribution in [2.45, 2.75) is 19.8 Å². The normalized spacial score (nSPS) is 14.5. The van der Waals surface area contributed by atoms with Crippen LogP contribution >= 0.6 is 0 Å². The van der Waals surface area contributed by atoms with Crippen molar-refractivity contribution in [3.8, 4) is 0 Å². The highest BCUT2D eigenvalue weighted by atomic mass is 13.8. The third kappa shape index (κ3) is 24.6. The summed E-state index contributed by atoms with van der Waals surface area (Å²) in [4.78, 5) is 0. The Morgan fingerprint density at radius 2 is 0.621 bits per heavy atom. The monoisotopic (exact) mass is 382 g/mol. The summed E-state index contributed by atoms with van der Waals surface area (Å²) < 4.78 is 0. The average molecular weight is 383 g/mol. The molecular weight excluding hydrogens is 348 g/mol. The summed E-state index contributed by atoms with van der Waals surface area (Å²) >= 11 is 0. The number of hydrogen-bond donors (Lipinski definition) is 0. The quantitative estimate of drug-likeness (QED) is 0.264. The smallest absolute Gasteiger partial charge is 0.0350 e. The Morgan fingerprint density at radius 1 is 0.379 bits per heavy atom. The first-order valence-corrected chi connectivity index (χ1v) is 10.0. The van der Waals surface area contributed by atoms with Crippen molar-refractivity contribution in [2.24, 2.45) is 0 Å². The molecular formula is C29H34. The molecule has 0 radical (unpaired) electrons. The van der Waals surface area contributed by atoms with Crippen molar-refractivity contribution in [3.63, 3.8) is 0 Å². The number of rotatable bonds is 14. The maximum Gasteiger partial charge on any atom is -0.0350 e. The van der Waals surface area contributed by atoms with Crippen molar-refractivity contribution in [1.29, 1.82) is 0 Å². The van der Waals surface area contributed by atoms with Crippen LogP contribution in [-0.4, -0.2) is 0 Å². The Kier molecular flexibility index (Phi) is 21.8. The predicted molar refractivity (Wildman–Crippen MR) is 135 cm³/mol. The fourth-order valence-electron chi connectivity index (χ4n) is 1.77. The average Bonchev–Trinajstić information content (AvgIpc) is 2.74. The molecule has 0 aromatic rings. The van der Waals surface area contributed by atoms with Crippen LogP contribution in [0, 0.1) is 0 Å². The molecule has 0 aliphatic rings. The summed E-state index contributed by atoms with van der Waals surface area (Å²) in [6.45, 7) is 5.79. The zero-order valence-electron chi connectivity index (χ0n) is 17.6. The Balaban J connectivity index is 3.93. The maximum atomic E-state index is 3.61. The van der Waals surface area contributed by atoms with E-state index in [1.165, 1.54) is 6.42 Å². The lowest BCUT2D eigenvalue weighted by Gasteiger charge is -1.79. The molecule has 29 heavy (non-hydrogen) atoms. The van der Waals surface area contributed by atoms with Gasteiger partial charge in [0.15, 0.2) is 0 Å². The van der Waals surface area contributed by atoms with Gasteiger partial charge in [-0.25, -0.2) is 0 Å². The van der Waals surface area contributed by atoms with Gasteiger partial charge in [0.1, 0.15) is 0 Å². The van der Waals surface area contributed by atoms with E-state index in [9.17, 15) is 0 Å². The summed E-state index contributed by atoms with van der Waals surface area (Å²) in [5, 5.41) is 0. The fourth-order valence-corrected chi connectivity index (χ4v) is 1.77. The SMILES string of the molecule is C=C/C=C/C=C/C=C/C=C/C=C/C=C/C=C/C=C/C=C/C=C/C=C/C=C/CCC. The fraction of sp³-hybridized carbons (Fsp3) is 0.103. The summed E-state index contributed by atoms with van der Waals surface area (Å²) in [6.07, 6.45) is 52.2. The molecule has 0 rings (SSSR count). The van der Waals surface area contributed by atoms with Crippen molar-refractivity contribution >= 4 is 0 Å². The lowest BCUT2D eigenvalue weighted by molar-refractivity contribution is 0.959. The van der Waals surface area contributed by atoms with Gasteiger partial charge in [-0.1, -0.05) is 172 Å². The minimum absolute atomic E-state index is 1.14. The lowest BCUT2D eigenvalue weighted by atomic mass is 10.3. The molecule has 0 amide bonds. The number of allylic oxidation sites excluding steroid dienone is 25. The van der Waals surface area contributed by atoms with Gasteiger partial charge in [0, 0.05) is 0 Å². The molecule has 0 bridgehead atoms. The Morgan fingerprint density at radius 3 is 0.862 bits per heavy atom. The van der Waals surface area contributed by atoms with Crippen molar-refractivity contribution in [2.75, 3.05) is 0 Å². The van der Waals surface area contributed by atoms with E-state index in [0.717, 1.165) is 6.42 Å². The van der Waals surface area contributed by atoms with Gasteiger partial charge in [-0.05, 0) is 6.42 Å². The Bertz CT molecular complexity index is 733. The van der Waals surface area contributed by atoms with Gasteiger partial charge in [-0.2, -0.15) is 0 Å². The van der Waals surface area contributed by atoms with Gasteiger partial charge < -0.3 is 0 Å². The molecule has 0 aromatic heterocycles. The number of unbranched alkanes of at least 4 members (excludes halogenated alkanes) is 1. The first kappa shape index (κ1) is 25.6. The van der Waals surface area contributed by atoms with Crippen LogP contribution in [0.5, 0.6) is 0 Å². The van der Waals surface area contributed by atoms with E-state index in [2.05, 4.69) is 25.7 Å². The third-order valence-electron chi connectivity index (χ3n) is 3.17. The van der Waals surface area contributed by atoms with E-state index in [0.29, 0.717) is 0 Å². The standard InChI is InChI=1S/C29H34/c1-3-5-7-9-11-13-15-17-19-21-23-25-27-29-28-26-24-22-20-18-16-14-12-10-8-6-4-2/h3,5,7-29H,1,4,6H2,2H3/b7-5+,10-8+,11-9+,14-12+,15-13+,18-16+,19-17+,22-20+,23-21+,26-24+,27-25+,29-28+. The van der Waals surface area contributed by atoms with Gasteiger partial charge in [0.2, 0.25) is 0 Å². The Hall–Kier alpha value is -3.38. The molecule has 0 saturated heterocycles. The molecule has 0 heteroatoms. The van der Waals surface area contributed by atoms with Crippen LogP contribution in [-0.2, 0) is 0 Å². The molecule has 150 valence electrons. The predicted octanol–water partition coefficient (Wildman–Crippen LogP) is 8.65. The van der Waals surface area contributed by atoms with Crippen LogP contribution in [0.25, 0.3) is 0 Å². The van der Waals surface area contributed by atoms with Gasteiger partial charge in [-0.3, -0.25) is 0 Å². The highest BCUT2D eigenvalue weighted by Gasteiger charge is 1.69. The maximum absolute atomic E-state index is 3.61. The van der Waals surface area contributed by atoms with E-state index in [1.54, 1.807) is 6.08 Å². The molecule has 0 nitrogen and oxygen atoms in total. The van der Waals surface area contributed by atoms with Crippen LogP contribution < -0.4 is 0 Å². The minimum atomic E-state index is 1.14. The summed E-state index contributed by atoms with van der Waals surface area (Å²) in [5.74, 6) is 0. The van der Waals surface area contributed by atoms with Gasteiger partial charge in [-0.15, -0.1) is 0 Å². The second-order valence-corrected chi connectivity index (χ2v) is 5.69. The summed E-state index contributed by atoms with van der Waals surface area (Å²) in [5.41, 5.74) is 0. The molecule has 0 aromatic carbocycles. The molecule has 0 aliphatic heterocycles. The summed E-state index contributed by atoms with van der Waals surface area (Å²) in [6, 6.07) is 0. The molecule has 0 saturated carbocycles. The van der Waals surface area contributed by atoms with Gasteiger partial charge in [0.25, 0.3) is 0 Å². The minimum Gasteiger partial charge on any atom is -0.0991 e. The molecule has 0 N–H and O–H groups in total. The Labute approximate surface area is 178 Å². The highest BCUT2D eigenvalue weighted by molar-refractivity contribution is 5.23. The number of hydrogen-bond acceptors (Lipinski definition) is 0. The van der Waals surface area contributed by atoms with Crippen LogP contribution in [0.2, 0.25) is 0 Å². The first-order chi connectivity index (χ1) is 14.4. The van der Waals surface area contributed by atoms with Crippen LogP contribution in [0.4, 0.5) is 0 Å². The van der Waals surface area contributed by atoms with Crippen molar-refractivity contribution < 1.29 is 0 Å². The lowest BCUT2D eigenvalue weighted by Crippen LogP contribution is -1.58. The van der Waals surface area contributed by atoms with Gasteiger partial charge in [0.05, 0.1) is 0 Å². The van der Waals surface area contributed by atoms with Crippen molar-refractivity contribution in [3.05, 3.63) is 158 Å². The highest BCUT2D eigenvalue weighted by Crippen LogP contribution is 1.90. The largest absolute Gasteiger partial charge is 0.0991 e. The molecule has 0 fully saturated rings. The van der Waals surface area contributed by atoms with E-state index < -0.39 is 0 Å². The zero-order valence-corrected chi connectivity index (χ0v) is 17.6. The molecule has 0 unspecified atom stereocenters. The van der Waals surface area contributed by atoms with Crippen molar-refractivity contribution in [1.82, 2.24) is 0 Å². The van der Waals surface area contributed by atoms with E-state index in [4.69, 9.17) is 0 Å². The van der Waals surface area contributed by atoms with Crippen LogP contribution in [0.3, 0.4) is 0 Å². The van der Waals surface area contributed by atoms with Gasteiger partial charge >= 0.3 is 0 Å². The second kappa shape index (κ2) is 24.6. The van der Waals surface area contributed by atoms with E-state index in [1.807, 2.05) is 134 Å². The second-order valence-electron chi connectivity index (χ2n) is 5.69. The topological polar surface area (TPSA) is 0 Å². The molecule has 0 spiro atoms. The zero-order chi connectivity index (χ0) is 21.1. The van der Waals surface area contributed by atoms with Crippen LogP contribution in [0.1, 0.15) is 19.8 Å². The van der Waals surface area contributed by atoms with E-state index >= 15 is 0 Å².